The van der Waals surface area contributed by atoms with Gasteiger partial charge in [0.2, 0.25) is 0 Å². The number of fused-ring (bicyclic) bond motifs is 4. The molecule has 0 unspecified atom stereocenters. The van der Waals surface area contributed by atoms with Gasteiger partial charge in [0, 0.05) is 84.0 Å². The van der Waals surface area contributed by atoms with Crippen LogP contribution in [0.1, 0.15) is 155 Å². The Balaban J connectivity index is 0.000000136. The number of hydrogen-bond donors (Lipinski definition) is 3. The quantitative estimate of drug-likeness (QED) is 0.225. The van der Waals surface area contributed by atoms with Gasteiger partial charge < -0.3 is 39.0 Å². The first kappa shape index (κ1) is 46.2. The summed E-state index contributed by atoms with van der Waals surface area (Å²) in [6.45, 7) is 21.8. The van der Waals surface area contributed by atoms with Crippen molar-refractivity contribution >= 4 is 0 Å². The van der Waals surface area contributed by atoms with Crippen LogP contribution < -0.4 is 14.2 Å². The minimum Gasteiger partial charge on any atom is -0.504 e. The zero-order valence-corrected chi connectivity index (χ0v) is 43.9. The molecule has 14 aliphatic rings. The number of methoxy groups -OCH3 is 3. The molecule has 0 radical (unpaired) electrons. The highest BCUT2D eigenvalue weighted by Crippen LogP contribution is 2.80. The van der Waals surface area contributed by atoms with Gasteiger partial charge in [-0.05, 0) is 163 Å². The summed E-state index contributed by atoms with van der Waals surface area (Å²) >= 11 is 0. The smallest absolute Gasteiger partial charge is 0.165 e. The lowest BCUT2D eigenvalue weighted by molar-refractivity contribution is -0.312. The second-order valence-electron chi connectivity index (χ2n) is 27.8. The lowest BCUT2D eigenvalue weighted by Crippen LogP contribution is -2.83. The van der Waals surface area contributed by atoms with Gasteiger partial charge in [0.1, 0.15) is 23.4 Å². The predicted octanol–water partition coefficient (Wildman–Crippen LogP) is 9.13. The molecule has 378 valence electrons. The van der Waals surface area contributed by atoms with Gasteiger partial charge in [-0.25, -0.2) is 0 Å². The fraction of sp³-hybridized carbons (Fsp3) is 0.797. The van der Waals surface area contributed by atoms with Crippen molar-refractivity contribution in [1.29, 1.82) is 0 Å². The van der Waals surface area contributed by atoms with E-state index in [9.17, 15) is 15.3 Å². The van der Waals surface area contributed by atoms with Gasteiger partial charge in [-0.15, -0.1) is 0 Å². The van der Waals surface area contributed by atoms with Crippen LogP contribution in [-0.2, 0) is 33.1 Å². The Labute approximate surface area is 412 Å². The molecule has 10 nitrogen and oxygen atoms in total. The highest BCUT2D eigenvalue weighted by atomic mass is 16.6. The second-order valence-corrected chi connectivity index (χ2v) is 27.8. The van der Waals surface area contributed by atoms with Crippen molar-refractivity contribution in [3.63, 3.8) is 0 Å². The van der Waals surface area contributed by atoms with Crippen LogP contribution in [0.5, 0.6) is 23.0 Å². The van der Waals surface area contributed by atoms with Gasteiger partial charge in [-0.2, -0.15) is 0 Å². The minimum atomic E-state index is -0.909. The molecule has 4 aliphatic heterocycles. The van der Waals surface area contributed by atoms with Gasteiger partial charge in [0.25, 0.3) is 0 Å². The van der Waals surface area contributed by atoms with Crippen LogP contribution in [0.15, 0.2) is 24.3 Å². The zero-order chi connectivity index (χ0) is 48.5. The van der Waals surface area contributed by atoms with E-state index in [4.69, 9.17) is 23.7 Å². The van der Waals surface area contributed by atoms with Crippen molar-refractivity contribution < 1.29 is 39.0 Å². The Morgan fingerprint density at radius 3 is 1.45 bits per heavy atom. The van der Waals surface area contributed by atoms with Crippen LogP contribution in [0.4, 0.5) is 0 Å². The number of rotatable bonds is 9. The monoisotopic (exact) mass is 949 g/mol. The normalized spacial score (nSPS) is 43.4. The summed E-state index contributed by atoms with van der Waals surface area (Å²) in [4.78, 5) is 5.68. The SMILES string of the molecule is CO[C@]12CC[C@@]3(C[C@@H]1[C@](C)(O)C(C)(C)C)[C@H]1Cc4ccc(O)c5c4[C@@]3(CCN1CC1CC1)[C@H]2O5.COc1ccc2c3c1O[C@H]1[C@@]4(OC)CC[C@@]5(C[C@@H]4[C@](C)(O)C(C)(C)C)[C@@H](C2)N(CC2CC2)CC[C@]315. The molecule has 16 rings (SSSR count). The van der Waals surface area contributed by atoms with E-state index < -0.39 is 22.4 Å². The molecule has 10 aliphatic carbocycles. The molecular weight excluding hydrogens is 865 g/mol. The van der Waals surface area contributed by atoms with Gasteiger partial charge >= 0.3 is 0 Å². The topological polar surface area (TPSA) is 113 Å². The van der Waals surface area contributed by atoms with Gasteiger partial charge in [0.15, 0.2) is 23.0 Å². The van der Waals surface area contributed by atoms with Crippen molar-refractivity contribution in [3.8, 4) is 23.0 Å². The van der Waals surface area contributed by atoms with Gasteiger partial charge in [-0.1, -0.05) is 53.7 Å². The first-order valence-electron chi connectivity index (χ1n) is 27.5. The lowest BCUT2D eigenvalue weighted by atomic mass is 9.33. The van der Waals surface area contributed by atoms with E-state index >= 15 is 0 Å². The summed E-state index contributed by atoms with van der Waals surface area (Å²) in [6.07, 6.45) is 15.6. The molecule has 4 heterocycles. The molecule has 10 heteroatoms. The van der Waals surface area contributed by atoms with E-state index in [0.717, 1.165) is 101 Å². The van der Waals surface area contributed by atoms with E-state index in [0.29, 0.717) is 17.8 Å². The number of likely N-dealkylation sites (tertiary alicyclic amines) is 2. The maximum Gasteiger partial charge on any atom is 0.165 e. The van der Waals surface area contributed by atoms with Crippen LogP contribution in [0.25, 0.3) is 0 Å². The molecule has 8 bridgehead atoms. The van der Waals surface area contributed by atoms with Crippen molar-refractivity contribution in [2.24, 2.45) is 45.3 Å². The lowest BCUT2D eigenvalue weighted by Gasteiger charge is -2.75. The van der Waals surface area contributed by atoms with Crippen LogP contribution >= 0.6 is 0 Å². The Morgan fingerprint density at radius 2 is 1.03 bits per heavy atom. The molecule has 8 saturated carbocycles. The maximum absolute atomic E-state index is 12.3. The molecule has 4 spiro atoms. The van der Waals surface area contributed by atoms with E-state index in [1.165, 1.54) is 61.0 Å². The summed E-state index contributed by atoms with van der Waals surface area (Å²) < 4.78 is 33.1. The van der Waals surface area contributed by atoms with Crippen LogP contribution in [0, 0.1) is 45.3 Å². The summed E-state index contributed by atoms with van der Waals surface area (Å²) in [5.74, 6) is 4.51. The number of ether oxygens (including phenoxy) is 5. The maximum atomic E-state index is 12.3. The highest BCUT2D eigenvalue weighted by molar-refractivity contribution is 5.65. The molecule has 2 saturated heterocycles. The minimum absolute atomic E-state index is 0.0112. The molecule has 10 fully saturated rings. The van der Waals surface area contributed by atoms with Crippen LogP contribution in [-0.4, -0.2) is 119 Å². The average molecular weight is 949 g/mol. The number of nitrogens with zero attached hydrogens (tertiary/aromatic N) is 2. The van der Waals surface area contributed by atoms with Crippen molar-refractivity contribution in [1.82, 2.24) is 9.80 Å². The summed E-state index contributed by atoms with van der Waals surface area (Å²) in [7, 11) is 5.46. The third-order valence-corrected chi connectivity index (χ3v) is 23.9. The second kappa shape index (κ2) is 14.2. The summed E-state index contributed by atoms with van der Waals surface area (Å²) in [5, 5.41) is 35.4. The molecule has 14 atom stereocenters. The Kier molecular flexibility index (Phi) is 9.48. The summed E-state index contributed by atoms with van der Waals surface area (Å²) in [5.41, 5.74) is 2.04. The Morgan fingerprint density at radius 1 is 0.594 bits per heavy atom. The van der Waals surface area contributed by atoms with E-state index in [1.807, 2.05) is 27.2 Å². The number of benzene rings is 2. The van der Waals surface area contributed by atoms with Crippen molar-refractivity contribution in [2.45, 2.75) is 203 Å². The Hall–Kier alpha value is -2.60. The standard InChI is InChI=1S/C30H43NO4.C29H41NO4/c1-26(2,3)27(4,32)21-16-28-11-12-30(21,34-6)25-29(28)13-14-31(17-18-7-8-18)22(28)15-19-9-10-20(33-5)24(35-25)23(19)29;1-25(2,3)26(4,32)20-15-27-10-11-29(20,33-5)24-28(27)12-13-30(16-17-6-7-17)21(27)14-18-8-9-19(31)23(34-24)22(18)28/h9-10,18,21-22,25,32H,7-8,11-17H2,1-6H3;8-9,17,20-21,24,31-32H,6-7,10-16H2,1-5H3/t21-,22-,25-,27+,28-,29+,30-;20-,21-,24-,26+,27-,28+,29-/m11/s1. The molecule has 69 heavy (non-hydrogen) atoms. The number of aromatic hydroxyl groups is 1. The van der Waals surface area contributed by atoms with E-state index in [2.05, 4.69) is 76.5 Å². The largest absolute Gasteiger partial charge is 0.504 e. The fourth-order valence-corrected chi connectivity index (χ4v) is 19.3. The van der Waals surface area contributed by atoms with Crippen LogP contribution in [0.2, 0.25) is 0 Å². The number of piperidine rings is 2. The highest BCUT2D eigenvalue weighted by Gasteiger charge is 2.84. The number of phenolic OH excluding ortho intramolecular Hbond substituents is 1. The van der Waals surface area contributed by atoms with Crippen LogP contribution in [0.3, 0.4) is 0 Å². The molecule has 0 amide bonds. The van der Waals surface area contributed by atoms with E-state index in [1.54, 1.807) is 7.11 Å². The first-order valence-corrected chi connectivity index (χ1v) is 27.5. The molecule has 3 N–H and O–H groups in total. The van der Waals surface area contributed by atoms with Crippen molar-refractivity contribution in [3.05, 3.63) is 46.5 Å². The summed E-state index contributed by atoms with van der Waals surface area (Å²) in [6, 6.07) is 9.40. The molecular formula is C59H84N2O8. The number of hydrogen-bond acceptors (Lipinski definition) is 10. The van der Waals surface area contributed by atoms with Gasteiger partial charge in [-0.3, -0.25) is 9.80 Å². The van der Waals surface area contributed by atoms with E-state index in [-0.39, 0.29) is 62.3 Å². The fourth-order valence-electron chi connectivity index (χ4n) is 19.3. The molecule has 2 aromatic carbocycles. The Bertz CT molecular complexity index is 2470. The van der Waals surface area contributed by atoms with Crippen molar-refractivity contribution in [2.75, 3.05) is 47.5 Å². The molecule has 0 aromatic heterocycles. The third-order valence-electron chi connectivity index (χ3n) is 23.9. The number of phenols is 1. The third kappa shape index (κ3) is 5.36. The molecule has 2 aromatic rings. The average Bonchev–Trinajstić information content (AvgIpc) is 4.24. The zero-order valence-electron chi connectivity index (χ0n) is 43.9. The van der Waals surface area contributed by atoms with Gasteiger partial charge in [0.05, 0.1) is 18.3 Å². The number of aliphatic hydroxyl groups is 2. The first-order chi connectivity index (χ1) is 32.6. The predicted molar refractivity (Wildman–Crippen MR) is 265 cm³/mol.